The summed E-state index contributed by atoms with van der Waals surface area (Å²) in [5.41, 5.74) is 1.62. The van der Waals surface area contributed by atoms with Crippen molar-refractivity contribution < 1.29 is 4.79 Å². The SMILES string of the molecule is Cc1nn(C)c(Cl)c1C=CC(=O)NCCCN1CCCC(C)C1. The topological polar surface area (TPSA) is 50.2 Å². The Bertz CT molecular complexity index is 567. The Morgan fingerprint density at radius 2 is 2.30 bits per heavy atom. The zero-order chi connectivity index (χ0) is 16.8. The van der Waals surface area contributed by atoms with E-state index in [9.17, 15) is 4.79 Å². The van der Waals surface area contributed by atoms with E-state index in [0.29, 0.717) is 11.7 Å². The maximum absolute atomic E-state index is 11.9. The number of aryl methyl sites for hydroxylation is 2. The van der Waals surface area contributed by atoms with Gasteiger partial charge in [-0.05, 0) is 51.3 Å². The van der Waals surface area contributed by atoms with Crippen LogP contribution < -0.4 is 5.32 Å². The molecule has 128 valence electrons. The van der Waals surface area contributed by atoms with Crippen molar-refractivity contribution in [3.8, 4) is 0 Å². The third-order valence-electron chi connectivity index (χ3n) is 4.29. The average Bonchev–Trinajstić information content (AvgIpc) is 2.75. The van der Waals surface area contributed by atoms with Crippen LogP contribution in [-0.4, -0.2) is 46.8 Å². The van der Waals surface area contributed by atoms with E-state index < -0.39 is 0 Å². The van der Waals surface area contributed by atoms with Crippen LogP contribution in [0.4, 0.5) is 0 Å². The number of aromatic nitrogens is 2. The van der Waals surface area contributed by atoms with Crippen molar-refractivity contribution in [1.82, 2.24) is 20.0 Å². The Labute approximate surface area is 143 Å². The van der Waals surface area contributed by atoms with Crippen molar-refractivity contribution in [1.29, 1.82) is 0 Å². The molecule has 6 heteroatoms. The highest BCUT2D eigenvalue weighted by Crippen LogP contribution is 2.19. The molecule has 1 atom stereocenters. The van der Waals surface area contributed by atoms with Gasteiger partial charge in [-0.1, -0.05) is 18.5 Å². The number of hydrogen-bond acceptors (Lipinski definition) is 3. The van der Waals surface area contributed by atoms with Crippen LogP contribution >= 0.6 is 11.6 Å². The Hall–Kier alpha value is -1.33. The normalized spacial score (nSPS) is 19.4. The molecule has 1 amide bonds. The summed E-state index contributed by atoms with van der Waals surface area (Å²) >= 11 is 6.13. The molecule has 1 unspecified atom stereocenters. The molecule has 23 heavy (non-hydrogen) atoms. The fraction of sp³-hybridized carbons (Fsp3) is 0.647. The summed E-state index contributed by atoms with van der Waals surface area (Å²) in [7, 11) is 1.79. The molecule has 5 nitrogen and oxygen atoms in total. The highest BCUT2D eigenvalue weighted by Gasteiger charge is 2.15. The first-order chi connectivity index (χ1) is 11.0. The van der Waals surface area contributed by atoms with Crippen molar-refractivity contribution >= 4 is 23.6 Å². The lowest BCUT2D eigenvalue weighted by atomic mass is 10.0. The van der Waals surface area contributed by atoms with Gasteiger partial charge in [0.15, 0.2) is 0 Å². The van der Waals surface area contributed by atoms with Crippen LogP contribution in [0.5, 0.6) is 0 Å². The summed E-state index contributed by atoms with van der Waals surface area (Å²) in [6.07, 6.45) is 6.87. The van der Waals surface area contributed by atoms with E-state index in [0.717, 1.165) is 30.1 Å². The number of carbonyl (C=O) groups is 1. The lowest BCUT2D eigenvalue weighted by molar-refractivity contribution is -0.116. The maximum Gasteiger partial charge on any atom is 0.244 e. The van der Waals surface area contributed by atoms with Gasteiger partial charge in [-0.3, -0.25) is 9.48 Å². The van der Waals surface area contributed by atoms with Crippen molar-refractivity contribution in [3.63, 3.8) is 0 Å². The molecule has 0 radical (unpaired) electrons. The van der Waals surface area contributed by atoms with E-state index in [1.807, 2.05) is 6.92 Å². The number of carbonyl (C=O) groups excluding carboxylic acids is 1. The minimum Gasteiger partial charge on any atom is -0.353 e. The maximum atomic E-state index is 11.9. The second-order valence-corrected chi connectivity index (χ2v) is 6.80. The predicted molar refractivity (Wildman–Crippen MR) is 94.5 cm³/mol. The van der Waals surface area contributed by atoms with Gasteiger partial charge in [0.25, 0.3) is 0 Å². The number of amides is 1. The van der Waals surface area contributed by atoms with Crippen molar-refractivity contribution in [3.05, 3.63) is 22.5 Å². The smallest absolute Gasteiger partial charge is 0.244 e. The molecular formula is C17H27ClN4O. The molecule has 1 N–H and O–H groups in total. The zero-order valence-electron chi connectivity index (χ0n) is 14.3. The third kappa shape index (κ3) is 5.36. The van der Waals surface area contributed by atoms with Gasteiger partial charge in [0.05, 0.1) is 5.69 Å². The molecule has 1 aromatic rings. The first-order valence-electron chi connectivity index (χ1n) is 8.34. The van der Waals surface area contributed by atoms with E-state index in [1.54, 1.807) is 17.8 Å². The zero-order valence-corrected chi connectivity index (χ0v) is 15.1. The van der Waals surface area contributed by atoms with Gasteiger partial charge in [0, 0.05) is 31.8 Å². The summed E-state index contributed by atoms with van der Waals surface area (Å²) in [4.78, 5) is 14.4. The van der Waals surface area contributed by atoms with Gasteiger partial charge in [-0.15, -0.1) is 0 Å². The van der Waals surface area contributed by atoms with Gasteiger partial charge >= 0.3 is 0 Å². The lowest BCUT2D eigenvalue weighted by Crippen LogP contribution is -2.36. The number of piperidine rings is 1. The van der Waals surface area contributed by atoms with E-state index in [-0.39, 0.29) is 5.91 Å². The predicted octanol–water partition coefficient (Wildman–Crippen LogP) is 2.63. The summed E-state index contributed by atoms with van der Waals surface area (Å²) < 4.78 is 1.61. The molecule has 1 aliphatic heterocycles. The molecule has 2 rings (SSSR count). The third-order valence-corrected chi connectivity index (χ3v) is 4.74. The molecule has 0 spiro atoms. The van der Waals surface area contributed by atoms with Crippen molar-refractivity contribution in [2.24, 2.45) is 13.0 Å². The molecule has 1 saturated heterocycles. The monoisotopic (exact) mass is 338 g/mol. The van der Waals surface area contributed by atoms with E-state index in [4.69, 9.17) is 11.6 Å². The van der Waals surface area contributed by atoms with Crippen LogP contribution in [0, 0.1) is 12.8 Å². The molecular weight excluding hydrogens is 312 g/mol. The fourth-order valence-corrected chi connectivity index (χ4v) is 3.30. The van der Waals surface area contributed by atoms with E-state index in [1.165, 1.54) is 32.0 Å². The van der Waals surface area contributed by atoms with Crippen LogP contribution in [0.25, 0.3) is 6.08 Å². The second-order valence-electron chi connectivity index (χ2n) is 6.44. The minimum absolute atomic E-state index is 0.0867. The number of nitrogens with zero attached hydrogens (tertiary/aromatic N) is 3. The quantitative estimate of drug-likeness (QED) is 0.641. The van der Waals surface area contributed by atoms with E-state index >= 15 is 0 Å². The van der Waals surface area contributed by atoms with Crippen molar-refractivity contribution in [2.75, 3.05) is 26.2 Å². The molecule has 0 bridgehead atoms. The van der Waals surface area contributed by atoms with Crippen molar-refractivity contribution in [2.45, 2.75) is 33.1 Å². The average molecular weight is 339 g/mol. The summed E-state index contributed by atoms with van der Waals surface area (Å²) in [5.74, 6) is 0.713. The molecule has 0 aromatic carbocycles. The van der Waals surface area contributed by atoms with Gasteiger partial charge in [-0.25, -0.2) is 0 Å². The van der Waals surface area contributed by atoms with Gasteiger partial charge in [0.1, 0.15) is 5.15 Å². The summed E-state index contributed by atoms with van der Waals surface area (Å²) in [6, 6.07) is 0. The van der Waals surface area contributed by atoms with E-state index in [2.05, 4.69) is 22.2 Å². The number of rotatable bonds is 6. The van der Waals surface area contributed by atoms with Crippen LogP contribution in [-0.2, 0) is 11.8 Å². The summed E-state index contributed by atoms with van der Waals surface area (Å²) in [5, 5.41) is 7.69. The first-order valence-corrected chi connectivity index (χ1v) is 8.72. The standard InChI is InChI=1S/C17H27ClN4O/c1-13-6-4-10-22(12-13)11-5-9-19-16(23)8-7-15-14(2)20-21(3)17(15)18/h7-8,13H,4-6,9-12H2,1-3H3,(H,19,23). The number of nitrogens with one attached hydrogen (secondary N) is 1. The summed E-state index contributed by atoms with van der Waals surface area (Å²) in [6.45, 7) is 8.33. The lowest BCUT2D eigenvalue weighted by Gasteiger charge is -2.30. The first kappa shape index (κ1) is 18.0. The number of likely N-dealkylation sites (tertiary alicyclic amines) is 1. The Morgan fingerprint density at radius 3 is 2.96 bits per heavy atom. The van der Waals surface area contributed by atoms with Gasteiger partial charge in [-0.2, -0.15) is 5.10 Å². The molecule has 1 aromatic heterocycles. The Morgan fingerprint density at radius 1 is 1.52 bits per heavy atom. The Kier molecular flexibility index (Phi) is 6.66. The van der Waals surface area contributed by atoms with Crippen LogP contribution in [0.1, 0.15) is 37.4 Å². The molecule has 1 aliphatic rings. The number of hydrogen-bond donors (Lipinski definition) is 1. The van der Waals surface area contributed by atoms with Gasteiger partial charge in [0.2, 0.25) is 5.91 Å². The molecule has 1 fully saturated rings. The minimum atomic E-state index is -0.0867. The highest BCUT2D eigenvalue weighted by molar-refractivity contribution is 6.31. The van der Waals surface area contributed by atoms with Crippen LogP contribution in [0.3, 0.4) is 0 Å². The fourth-order valence-electron chi connectivity index (χ4n) is 3.06. The number of halogens is 1. The second kappa shape index (κ2) is 8.50. The van der Waals surface area contributed by atoms with Crippen LogP contribution in [0.15, 0.2) is 6.08 Å². The molecule has 0 aliphatic carbocycles. The van der Waals surface area contributed by atoms with Gasteiger partial charge < -0.3 is 10.2 Å². The largest absolute Gasteiger partial charge is 0.353 e. The molecule has 0 saturated carbocycles. The highest BCUT2D eigenvalue weighted by atomic mass is 35.5. The Balaban J connectivity index is 1.70. The van der Waals surface area contributed by atoms with Crippen LogP contribution in [0.2, 0.25) is 5.15 Å². The molecule has 2 heterocycles.